The van der Waals surface area contributed by atoms with Gasteiger partial charge >= 0.3 is 0 Å². The molecular formula is C8H10IN3. The molecular weight excluding hydrogens is 265 g/mol. The van der Waals surface area contributed by atoms with E-state index in [0.717, 1.165) is 9.13 Å². The molecule has 0 aliphatic heterocycles. The second-order valence-corrected chi connectivity index (χ2v) is 3.55. The van der Waals surface area contributed by atoms with Crippen LogP contribution in [0, 0.1) is 3.57 Å². The van der Waals surface area contributed by atoms with E-state index in [2.05, 4.69) is 34.2 Å². The van der Waals surface area contributed by atoms with Crippen LogP contribution in [-0.2, 0) is 0 Å². The normalized spacial score (nSPS) is 12.5. The minimum absolute atomic E-state index is 0.229. The zero-order valence-corrected chi connectivity index (χ0v) is 8.65. The van der Waals surface area contributed by atoms with Crippen LogP contribution in [0.4, 0.5) is 5.69 Å². The van der Waals surface area contributed by atoms with E-state index in [1.807, 2.05) is 0 Å². The molecule has 0 bridgehead atoms. The van der Waals surface area contributed by atoms with Crippen molar-refractivity contribution in [2.24, 2.45) is 5.73 Å². The number of nitrogens with zero attached hydrogens (tertiary/aromatic N) is 1. The smallest absolute Gasteiger partial charge is 0.0546 e. The summed E-state index contributed by atoms with van der Waals surface area (Å²) in [6.07, 6.45) is 5.02. The average molecular weight is 275 g/mol. The lowest BCUT2D eigenvalue weighted by molar-refractivity contribution is 0.906. The van der Waals surface area contributed by atoms with Gasteiger partial charge in [-0.2, -0.15) is 0 Å². The van der Waals surface area contributed by atoms with Crippen molar-refractivity contribution < 1.29 is 0 Å². The van der Waals surface area contributed by atoms with Gasteiger partial charge in [-0.25, -0.2) is 0 Å². The standard InChI is InChI=1S/C8H10IN3/c1-2-7(10)5-3-12-4-6(9)8(5)11/h2-4,7H,1,10H2,(H2,11,12)/t7-/m1/s1. The van der Waals surface area contributed by atoms with Gasteiger partial charge in [0.1, 0.15) is 0 Å². The van der Waals surface area contributed by atoms with Crippen molar-refractivity contribution in [3.63, 3.8) is 0 Å². The lowest BCUT2D eigenvalue weighted by Crippen LogP contribution is -2.10. The predicted octanol–water partition coefficient (Wildman–Crippen LogP) is 1.45. The Morgan fingerprint density at radius 3 is 2.83 bits per heavy atom. The van der Waals surface area contributed by atoms with E-state index in [-0.39, 0.29) is 6.04 Å². The first kappa shape index (κ1) is 9.47. The fraction of sp³-hybridized carbons (Fsp3) is 0.125. The molecule has 0 saturated carbocycles. The van der Waals surface area contributed by atoms with Gasteiger partial charge in [-0.1, -0.05) is 6.08 Å². The molecule has 1 rings (SSSR count). The van der Waals surface area contributed by atoms with Crippen LogP contribution >= 0.6 is 22.6 Å². The predicted molar refractivity (Wildman–Crippen MR) is 58.5 cm³/mol. The van der Waals surface area contributed by atoms with Gasteiger partial charge < -0.3 is 11.5 Å². The van der Waals surface area contributed by atoms with Crippen molar-refractivity contribution in [1.29, 1.82) is 0 Å². The van der Waals surface area contributed by atoms with Crippen LogP contribution in [-0.4, -0.2) is 4.98 Å². The van der Waals surface area contributed by atoms with Crippen LogP contribution in [0.5, 0.6) is 0 Å². The molecule has 0 spiro atoms. The molecule has 64 valence electrons. The summed E-state index contributed by atoms with van der Waals surface area (Å²) in [6.45, 7) is 3.60. The molecule has 3 nitrogen and oxygen atoms in total. The first-order valence-electron chi connectivity index (χ1n) is 3.43. The molecule has 1 atom stereocenters. The molecule has 0 aliphatic rings. The molecule has 12 heavy (non-hydrogen) atoms. The molecule has 1 aromatic rings. The van der Waals surface area contributed by atoms with Crippen molar-refractivity contribution in [2.75, 3.05) is 5.73 Å². The molecule has 0 saturated heterocycles. The lowest BCUT2D eigenvalue weighted by Gasteiger charge is -2.09. The zero-order chi connectivity index (χ0) is 9.14. The second-order valence-electron chi connectivity index (χ2n) is 2.39. The van der Waals surface area contributed by atoms with Crippen LogP contribution in [0.25, 0.3) is 0 Å². The van der Waals surface area contributed by atoms with Crippen molar-refractivity contribution in [2.45, 2.75) is 6.04 Å². The Morgan fingerprint density at radius 1 is 1.58 bits per heavy atom. The summed E-state index contributed by atoms with van der Waals surface area (Å²) in [5.74, 6) is 0. The molecule has 0 amide bonds. The Labute approximate surface area is 85.0 Å². The minimum Gasteiger partial charge on any atom is -0.397 e. The van der Waals surface area contributed by atoms with Crippen molar-refractivity contribution in [3.8, 4) is 0 Å². The number of pyridine rings is 1. The highest BCUT2D eigenvalue weighted by Gasteiger charge is 2.07. The van der Waals surface area contributed by atoms with Gasteiger partial charge in [0.15, 0.2) is 0 Å². The van der Waals surface area contributed by atoms with E-state index in [9.17, 15) is 0 Å². The first-order chi connectivity index (χ1) is 5.66. The zero-order valence-electron chi connectivity index (χ0n) is 6.50. The number of aromatic nitrogens is 1. The highest BCUT2D eigenvalue weighted by Crippen LogP contribution is 2.22. The highest BCUT2D eigenvalue weighted by atomic mass is 127. The number of anilines is 1. The molecule has 1 heterocycles. The monoisotopic (exact) mass is 275 g/mol. The molecule has 0 aromatic carbocycles. The maximum Gasteiger partial charge on any atom is 0.0546 e. The van der Waals surface area contributed by atoms with Crippen molar-refractivity contribution >= 4 is 28.3 Å². The van der Waals surface area contributed by atoms with E-state index in [1.54, 1.807) is 18.5 Å². The third-order valence-corrected chi connectivity index (χ3v) is 2.44. The minimum atomic E-state index is -0.229. The van der Waals surface area contributed by atoms with Crippen molar-refractivity contribution in [1.82, 2.24) is 4.98 Å². The molecule has 4 N–H and O–H groups in total. The van der Waals surface area contributed by atoms with Crippen LogP contribution in [0.15, 0.2) is 25.0 Å². The van der Waals surface area contributed by atoms with Gasteiger partial charge in [0, 0.05) is 18.0 Å². The molecule has 0 fully saturated rings. The average Bonchev–Trinajstić information content (AvgIpc) is 2.08. The molecule has 4 heteroatoms. The van der Waals surface area contributed by atoms with Gasteiger partial charge in [0.05, 0.1) is 15.3 Å². The molecule has 0 radical (unpaired) electrons. The van der Waals surface area contributed by atoms with Crippen LogP contribution in [0.3, 0.4) is 0 Å². The number of halogens is 1. The fourth-order valence-electron chi connectivity index (χ4n) is 0.853. The molecule has 0 aliphatic carbocycles. The Hall–Kier alpha value is -0.620. The van der Waals surface area contributed by atoms with Crippen LogP contribution in [0.1, 0.15) is 11.6 Å². The summed E-state index contributed by atoms with van der Waals surface area (Å²) in [4.78, 5) is 4.00. The van der Waals surface area contributed by atoms with E-state index < -0.39 is 0 Å². The Morgan fingerprint density at radius 2 is 2.25 bits per heavy atom. The molecule has 0 unspecified atom stereocenters. The van der Waals surface area contributed by atoms with Gasteiger partial charge in [-0.05, 0) is 22.6 Å². The van der Waals surface area contributed by atoms with Crippen LogP contribution < -0.4 is 11.5 Å². The lowest BCUT2D eigenvalue weighted by atomic mass is 10.1. The maximum absolute atomic E-state index is 5.78. The summed E-state index contributed by atoms with van der Waals surface area (Å²) < 4.78 is 0.919. The van der Waals surface area contributed by atoms with Crippen molar-refractivity contribution in [3.05, 3.63) is 34.2 Å². The number of nitrogens with two attached hydrogens (primary N) is 2. The topological polar surface area (TPSA) is 64.9 Å². The summed E-state index contributed by atoms with van der Waals surface area (Å²) >= 11 is 2.12. The van der Waals surface area contributed by atoms with E-state index in [0.29, 0.717) is 5.69 Å². The van der Waals surface area contributed by atoms with E-state index >= 15 is 0 Å². The molecule has 1 aromatic heterocycles. The van der Waals surface area contributed by atoms with Gasteiger partial charge in [0.25, 0.3) is 0 Å². The number of rotatable bonds is 2. The summed E-state index contributed by atoms with van der Waals surface area (Å²) in [7, 11) is 0. The SMILES string of the molecule is C=C[C@@H](N)c1cncc(I)c1N. The maximum atomic E-state index is 5.78. The largest absolute Gasteiger partial charge is 0.397 e. The Bertz CT molecular complexity index is 298. The van der Waals surface area contributed by atoms with E-state index in [4.69, 9.17) is 11.5 Å². The van der Waals surface area contributed by atoms with E-state index in [1.165, 1.54) is 0 Å². The Kier molecular flexibility index (Phi) is 3.05. The highest BCUT2D eigenvalue weighted by molar-refractivity contribution is 14.1. The quantitative estimate of drug-likeness (QED) is 0.634. The van der Waals surface area contributed by atoms with Gasteiger partial charge in [-0.3, -0.25) is 4.98 Å². The summed E-state index contributed by atoms with van der Waals surface area (Å²) in [6, 6.07) is -0.229. The third-order valence-electron chi connectivity index (χ3n) is 1.58. The number of hydrogen-bond acceptors (Lipinski definition) is 3. The second kappa shape index (κ2) is 3.86. The summed E-state index contributed by atoms with van der Waals surface area (Å²) in [5, 5.41) is 0. The Balaban J connectivity index is 3.15. The van der Waals surface area contributed by atoms with Gasteiger partial charge in [0.2, 0.25) is 0 Å². The first-order valence-corrected chi connectivity index (χ1v) is 4.51. The number of hydrogen-bond donors (Lipinski definition) is 2. The number of nitrogen functional groups attached to an aromatic ring is 1. The fourth-order valence-corrected chi connectivity index (χ4v) is 1.32. The van der Waals surface area contributed by atoms with Crippen LogP contribution in [0.2, 0.25) is 0 Å². The van der Waals surface area contributed by atoms with Gasteiger partial charge in [-0.15, -0.1) is 6.58 Å². The summed E-state index contributed by atoms with van der Waals surface area (Å²) in [5.41, 5.74) is 13.0. The third kappa shape index (κ3) is 1.75.